The van der Waals surface area contributed by atoms with E-state index in [9.17, 15) is 0 Å². The lowest BCUT2D eigenvalue weighted by Gasteiger charge is -2.15. The number of nitrogens with two attached hydrogens (primary N) is 1. The van der Waals surface area contributed by atoms with Crippen molar-refractivity contribution in [1.29, 1.82) is 0 Å². The quantitative estimate of drug-likeness (QED) is 0.845. The molecule has 76 valence electrons. The minimum absolute atomic E-state index is 0.386. The van der Waals surface area contributed by atoms with Crippen LogP contribution in [-0.2, 0) is 6.54 Å². The highest BCUT2D eigenvalue weighted by Crippen LogP contribution is 2.16. The van der Waals surface area contributed by atoms with Gasteiger partial charge in [0, 0.05) is 29.2 Å². The van der Waals surface area contributed by atoms with E-state index in [1.807, 2.05) is 0 Å². The summed E-state index contributed by atoms with van der Waals surface area (Å²) in [6, 6.07) is 8.93. The molecule has 1 unspecified atom stereocenters. The summed E-state index contributed by atoms with van der Waals surface area (Å²) in [5.74, 6) is 0. The second kappa shape index (κ2) is 4.59. The first-order chi connectivity index (χ1) is 6.75. The topological polar surface area (TPSA) is 29.3 Å². The molecule has 0 saturated carbocycles. The molecular weight excluding hydrogens is 287 g/mol. The second-order valence-electron chi connectivity index (χ2n) is 3.88. The van der Waals surface area contributed by atoms with Crippen molar-refractivity contribution >= 4 is 22.6 Å². The molecule has 0 radical (unpaired) electrons. The van der Waals surface area contributed by atoms with Crippen molar-refractivity contribution in [2.45, 2.75) is 19.0 Å². The first-order valence-electron chi connectivity index (χ1n) is 4.97. The van der Waals surface area contributed by atoms with Crippen LogP contribution in [0.15, 0.2) is 24.3 Å². The van der Waals surface area contributed by atoms with E-state index in [-0.39, 0.29) is 0 Å². The maximum atomic E-state index is 5.87. The van der Waals surface area contributed by atoms with Crippen molar-refractivity contribution in [3.63, 3.8) is 0 Å². The molecule has 1 aliphatic heterocycles. The summed E-state index contributed by atoms with van der Waals surface area (Å²) in [5, 5.41) is 0. The van der Waals surface area contributed by atoms with Gasteiger partial charge in [0.15, 0.2) is 0 Å². The molecule has 1 atom stereocenters. The molecule has 1 saturated heterocycles. The number of nitrogens with zero attached hydrogens (tertiary/aromatic N) is 1. The summed E-state index contributed by atoms with van der Waals surface area (Å²) in [4.78, 5) is 2.43. The van der Waals surface area contributed by atoms with E-state index in [1.54, 1.807) is 0 Å². The number of benzene rings is 1. The van der Waals surface area contributed by atoms with Gasteiger partial charge in [0.05, 0.1) is 0 Å². The minimum atomic E-state index is 0.386. The highest BCUT2D eigenvalue weighted by molar-refractivity contribution is 14.1. The van der Waals surface area contributed by atoms with E-state index in [0.29, 0.717) is 6.04 Å². The Morgan fingerprint density at radius 2 is 2.21 bits per heavy atom. The second-order valence-corrected chi connectivity index (χ2v) is 5.04. The fourth-order valence-corrected chi connectivity index (χ4v) is 2.43. The van der Waals surface area contributed by atoms with Crippen LogP contribution in [0.2, 0.25) is 0 Å². The van der Waals surface area contributed by atoms with E-state index >= 15 is 0 Å². The van der Waals surface area contributed by atoms with E-state index < -0.39 is 0 Å². The number of likely N-dealkylation sites (tertiary alicyclic amines) is 1. The summed E-state index contributed by atoms with van der Waals surface area (Å²) in [6.45, 7) is 3.24. The average molecular weight is 302 g/mol. The van der Waals surface area contributed by atoms with Crippen molar-refractivity contribution in [3.8, 4) is 0 Å². The normalized spacial score (nSPS) is 22.9. The molecule has 1 aromatic carbocycles. The molecule has 2 rings (SSSR count). The van der Waals surface area contributed by atoms with Gasteiger partial charge < -0.3 is 5.73 Å². The summed E-state index contributed by atoms with van der Waals surface area (Å²) in [7, 11) is 0. The third kappa shape index (κ3) is 2.46. The summed E-state index contributed by atoms with van der Waals surface area (Å²) in [5.41, 5.74) is 7.29. The van der Waals surface area contributed by atoms with Gasteiger partial charge in [0.2, 0.25) is 0 Å². The SMILES string of the molecule is NC1CCN(Cc2ccccc2I)C1. The maximum Gasteiger partial charge on any atom is 0.0244 e. The lowest BCUT2D eigenvalue weighted by Crippen LogP contribution is -2.26. The molecule has 1 aliphatic rings. The molecule has 0 amide bonds. The Kier molecular flexibility index (Phi) is 3.41. The zero-order valence-corrected chi connectivity index (χ0v) is 10.3. The number of hydrogen-bond donors (Lipinski definition) is 1. The maximum absolute atomic E-state index is 5.87. The Labute approximate surface area is 98.6 Å². The van der Waals surface area contributed by atoms with Gasteiger partial charge in [-0.3, -0.25) is 4.90 Å². The third-order valence-corrected chi connectivity index (χ3v) is 3.71. The smallest absolute Gasteiger partial charge is 0.0244 e. The lowest BCUT2D eigenvalue weighted by molar-refractivity contribution is 0.326. The van der Waals surface area contributed by atoms with E-state index in [4.69, 9.17) is 5.73 Å². The zero-order chi connectivity index (χ0) is 9.97. The predicted octanol–water partition coefficient (Wildman–Crippen LogP) is 1.82. The first kappa shape index (κ1) is 10.4. The molecule has 0 aliphatic carbocycles. The molecular formula is C11H15IN2. The Hall–Kier alpha value is -0.130. The van der Waals surface area contributed by atoms with Gasteiger partial charge in [-0.1, -0.05) is 18.2 Å². The minimum Gasteiger partial charge on any atom is -0.326 e. The fraction of sp³-hybridized carbons (Fsp3) is 0.455. The monoisotopic (exact) mass is 302 g/mol. The molecule has 1 fully saturated rings. The van der Waals surface area contributed by atoms with Crippen molar-refractivity contribution in [2.75, 3.05) is 13.1 Å². The molecule has 2 nitrogen and oxygen atoms in total. The Bertz CT molecular complexity index is 314. The molecule has 14 heavy (non-hydrogen) atoms. The van der Waals surface area contributed by atoms with Crippen molar-refractivity contribution in [1.82, 2.24) is 4.90 Å². The van der Waals surface area contributed by atoms with Crippen LogP contribution >= 0.6 is 22.6 Å². The first-order valence-corrected chi connectivity index (χ1v) is 6.05. The summed E-state index contributed by atoms with van der Waals surface area (Å²) in [6.07, 6.45) is 1.14. The van der Waals surface area contributed by atoms with E-state index in [1.165, 1.54) is 9.13 Å². The van der Waals surface area contributed by atoms with Crippen LogP contribution in [-0.4, -0.2) is 24.0 Å². The highest BCUT2D eigenvalue weighted by Gasteiger charge is 2.19. The number of rotatable bonds is 2. The van der Waals surface area contributed by atoms with Gasteiger partial charge in [-0.15, -0.1) is 0 Å². The highest BCUT2D eigenvalue weighted by atomic mass is 127. The molecule has 1 heterocycles. The van der Waals surface area contributed by atoms with Crippen LogP contribution in [0.3, 0.4) is 0 Å². The Morgan fingerprint density at radius 1 is 1.43 bits per heavy atom. The van der Waals surface area contributed by atoms with Gasteiger partial charge in [0.25, 0.3) is 0 Å². The average Bonchev–Trinajstić information content (AvgIpc) is 2.56. The van der Waals surface area contributed by atoms with Crippen LogP contribution in [0.1, 0.15) is 12.0 Å². The molecule has 3 heteroatoms. The molecule has 2 N–H and O–H groups in total. The van der Waals surface area contributed by atoms with Crippen LogP contribution in [0.5, 0.6) is 0 Å². The zero-order valence-electron chi connectivity index (χ0n) is 8.12. The van der Waals surface area contributed by atoms with Crippen LogP contribution in [0.4, 0.5) is 0 Å². The molecule has 0 spiro atoms. The van der Waals surface area contributed by atoms with Gasteiger partial charge in [-0.2, -0.15) is 0 Å². The Balaban J connectivity index is 2.01. The Morgan fingerprint density at radius 3 is 2.86 bits per heavy atom. The van der Waals surface area contributed by atoms with Gasteiger partial charge in [0.1, 0.15) is 0 Å². The fourth-order valence-electron chi connectivity index (χ4n) is 1.87. The standard InChI is InChI=1S/C11H15IN2/c12-11-4-2-1-3-9(11)7-14-6-5-10(13)8-14/h1-4,10H,5-8,13H2. The van der Waals surface area contributed by atoms with Gasteiger partial charge in [-0.05, 0) is 40.6 Å². The van der Waals surface area contributed by atoms with Gasteiger partial charge in [-0.25, -0.2) is 0 Å². The number of halogens is 1. The van der Waals surface area contributed by atoms with Crippen molar-refractivity contribution < 1.29 is 0 Å². The van der Waals surface area contributed by atoms with Crippen molar-refractivity contribution in [2.24, 2.45) is 5.73 Å². The predicted molar refractivity (Wildman–Crippen MR) is 67.0 cm³/mol. The molecule has 0 aromatic heterocycles. The summed E-state index contributed by atoms with van der Waals surface area (Å²) >= 11 is 2.39. The summed E-state index contributed by atoms with van der Waals surface area (Å²) < 4.78 is 1.35. The van der Waals surface area contributed by atoms with Gasteiger partial charge >= 0.3 is 0 Å². The van der Waals surface area contributed by atoms with E-state index in [2.05, 4.69) is 51.8 Å². The largest absolute Gasteiger partial charge is 0.326 e. The molecule has 0 bridgehead atoms. The van der Waals surface area contributed by atoms with Crippen molar-refractivity contribution in [3.05, 3.63) is 33.4 Å². The van der Waals surface area contributed by atoms with Crippen LogP contribution < -0.4 is 5.73 Å². The molecule has 1 aromatic rings. The number of hydrogen-bond acceptors (Lipinski definition) is 2. The van der Waals surface area contributed by atoms with Crippen LogP contribution in [0, 0.1) is 3.57 Å². The third-order valence-electron chi connectivity index (χ3n) is 2.66. The lowest BCUT2D eigenvalue weighted by atomic mass is 10.2. The van der Waals surface area contributed by atoms with Crippen LogP contribution in [0.25, 0.3) is 0 Å². The van der Waals surface area contributed by atoms with E-state index in [0.717, 1.165) is 26.1 Å².